The maximum Gasteiger partial charge on any atom is 0.129 e. The summed E-state index contributed by atoms with van der Waals surface area (Å²) >= 11 is 0. The molecule has 0 fully saturated rings. The first kappa shape index (κ1) is 28.0. The van der Waals surface area contributed by atoms with Gasteiger partial charge in [-0.25, -0.2) is 0 Å². The average Bonchev–Trinajstić information content (AvgIpc) is 3.57. The number of aromatic amines is 2. The molecule has 0 saturated carbocycles. The number of hydrogen-bond acceptors (Lipinski definition) is 0. The molecular weight excluding hydrogens is 565 g/mol. The van der Waals surface area contributed by atoms with Crippen molar-refractivity contribution in [3.05, 3.63) is 108 Å². The number of nitrogens with one attached hydrogen (secondary N) is 2. The van der Waals surface area contributed by atoms with E-state index in [1.807, 2.05) is 0 Å². The van der Waals surface area contributed by atoms with Crippen LogP contribution in [-0.2, 0) is 0 Å². The van der Waals surface area contributed by atoms with E-state index in [1.165, 1.54) is 43.8 Å². The molecular formula is C40H36N2Si2. The molecule has 5 aromatic carbocycles. The number of hydrogen-bond donors (Lipinski definition) is 2. The molecule has 0 saturated heterocycles. The van der Waals surface area contributed by atoms with E-state index >= 15 is 0 Å². The highest BCUT2D eigenvalue weighted by molar-refractivity contribution is 6.84. The van der Waals surface area contributed by atoms with Crippen LogP contribution in [0.5, 0.6) is 0 Å². The molecule has 0 unspecified atom stereocenters. The van der Waals surface area contributed by atoms with Crippen molar-refractivity contribution in [3.8, 4) is 45.2 Å². The second kappa shape index (κ2) is 10.5. The number of H-pyrrole nitrogens is 2. The Morgan fingerprint density at radius 1 is 0.455 bits per heavy atom. The van der Waals surface area contributed by atoms with Gasteiger partial charge in [-0.2, -0.15) is 0 Å². The lowest BCUT2D eigenvalue weighted by Gasteiger charge is -2.14. The van der Waals surface area contributed by atoms with Crippen LogP contribution >= 0.6 is 0 Å². The van der Waals surface area contributed by atoms with Crippen molar-refractivity contribution < 1.29 is 0 Å². The Morgan fingerprint density at radius 3 is 1.18 bits per heavy atom. The lowest BCUT2D eigenvalue weighted by Crippen LogP contribution is -2.16. The van der Waals surface area contributed by atoms with Crippen molar-refractivity contribution in [3.63, 3.8) is 0 Å². The zero-order valence-corrected chi connectivity index (χ0v) is 28.2. The summed E-state index contributed by atoms with van der Waals surface area (Å²) in [5.41, 5.74) is 18.5. The lowest BCUT2D eigenvalue weighted by atomic mass is 9.89. The highest BCUT2D eigenvalue weighted by atomic mass is 28.3. The summed E-state index contributed by atoms with van der Waals surface area (Å²) in [4.78, 5) is 7.71. The number of para-hydroxylation sites is 2. The molecule has 2 heterocycles. The first-order valence-electron chi connectivity index (χ1n) is 15.3. The van der Waals surface area contributed by atoms with Gasteiger partial charge in [0.25, 0.3) is 0 Å². The molecule has 0 aliphatic carbocycles. The van der Waals surface area contributed by atoms with E-state index in [-0.39, 0.29) is 0 Å². The van der Waals surface area contributed by atoms with Crippen molar-refractivity contribution in [1.29, 1.82) is 0 Å². The Morgan fingerprint density at radius 2 is 0.818 bits per heavy atom. The Labute approximate surface area is 261 Å². The molecule has 2 N–H and O–H groups in total. The number of rotatable bonds is 2. The Kier molecular flexibility index (Phi) is 6.67. The van der Waals surface area contributed by atoms with E-state index in [0.29, 0.717) is 0 Å². The van der Waals surface area contributed by atoms with Crippen molar-refractivity contribution in [2.45, 2.75) is 39.3 Å². The molecule has 0 radical (unpaired) electrons. The van der Waals surface area contributed by atoms with Crippen LogP contribution < -0.4 is 0 Å². The van der Waals surface area contributed by atoms with Gasteiger partial charge >= 0.3 is 0 Å². The highest BCUT2D eigenvalue weighted by Crippen LogP contribution is 2.48. The van der Waals surface area contributed by atoms with Crippen molar-refractivity contribution in [2.75, 3.05) is 0 Å². The maximum absolute atomic E-state index is 3.86. The molecule has 2 nitrogen and oxygen atoms in total. The van der Waals surface area contributed by atoms with Crippen LogP contribution in [0, 0.1) is 22.9 Å². The summed E-state index contributed by atoms with van der Waals surface area (Å²) in [6, 6.07) is 35.0. The fourth-order valence-electron chi connectivity index (χ4n) is 5.97. The summed E-state index contributed by atoms with van der Waals surface area (Å²) in [6.07, 6.45) is 0. The largest absolute Gasteiger partial charge is 0.354 e. The summed E-state index contributed by atoms with van der Waals surface area (Å²) in [6.45, 7) is 13.7. The Hall–Kier alpha value is -4.75. The van der Waals surface area contributed by atoms with Crippen molar-refractivity contribution in [1.82, 2.24) is 9.97 Å². The molecule has 2 aromatic heterocycles. The summed E-state index contributed by atoms with van der Waals surface area (Å²) < 4.78 is 0. The van der Waals surface area contributed by atoms with Crippen LogP contribution in [0.3, 0.4) is 0 Å². The van der Waals surface area contributed by atoms with Gasteiger partial charge in [0.05, 0.1) is 11.0 Å². The van der Waals surface area contributed by atoms with Gasteiger partial charge in [0.2, 0.25) is 0 Å². The number of fused-ring (bicyclic) bond motifs is 6. The summed E-state index contributed by atoms with van der Waals surface area (Å²) in [5.74, 6) is 6.85. The molecule has 4 heteroatoms. The minimum absolute atomic E-state index is 1.06. The molecule has 0 aliphatic rings. The molecule has 0 atom stereocenters. The predicted molar refractivity (Wildman–Crippen MR) is 196 cm³/mol. The summed E-state index contributed by atoms with van der Waals surface area (Å²) in [5, 5.41) is 4.91. The topological polar surface area (TPSA) is 31.6 Å². The third kappa shape index (κ3) is 5.18. The van der Waals surface area contributed by atoms with Gasteiger partial charge < -0.3 is 9.97 Å². The van der Waals surface area contributed by atoms with E-state index in [4.69, 9.17) is 0 Å². The van der Waals surface area contributed by atoms with Crippen LogP contribution in [-0.4, -0.2) is 26.1 Å². The summed E-state index contributed by atoms with van der Waals surface area (Å²) in [7, 11) is -2.92. The van der Waals surface area contributed by atoms with E-state index in [1.54, 1.807) is 0 Å². The van der Waals surface area contributed by atoms with Gasteiger partial charge in [-0.3, -0.25) is 0 Å². The van der Waals surface area contributed by atoms with Crippen LogP contribution in [0.15, 0.2) is 97.1 Å². The number of benzene rings is 5. The van der Waals surface area contributed by atoms with E-state index in [0.717, 1.165) is 33.2 Å². The molecule has 7 rings (SSSR count). The zero-order chi connectivity index (χ0) is 30.6. The fourth-order valence-corrected chi connectivity index (χ4v) is 7.00. The van der Waals surface area contributed by atoms with Gasteiger partial charge in [0.15, 0.2) is 0 Å². The van der Waals surface area contributed by atoms with Crippen LogP contribution in [0.4, 0.5) is 0 Å². The van der Waals surface area contributed by atoms with Crippen molar-refractivity contribution in [2.24, 2.45) is 0 Å². The molecule has 7 aromatic rings. The van der Waals surface area contributed by atoms with Gasteiger partial charge in [-0.05, 0) is 47.5 Å². The first-order valence-corrected chi connectivity index (χ1v) is 22.3. The second-order valence-corrected chi connectivity index (χ2v) is 23.2. The third-order valence-corrected chi connectivity index (χ3v) is 9.67. The second-order valence-electron chi connectivity index (χ2n) is 13.7. The quantitative estimate of drug-likeness (QED) is 0.146. The van der Waals surface area contributed by atoms with Crippen LogP contribution in [0.1, 0.15) is 11.1 Å². The maximum atomic E-state index is 3.86. The minimum atomic E-state index is -1.46. The first-order chi connectivity index (χ1) is 21.1. The van der Waals surface area contributed by atoms with Gasteiger partial charge in [-0.15, -0.1) is 11.1 Å². The highest BCUT2D eigenvalue weighted by Gasteiger charge is 2.23. The van der Waals surface area contributed by atoms with E-state index in [2.05, 4.69) is 169 Å². The standard InChI is InChI=1S/C40H36N2Si2/c1-43(2,3)25-23-27-15-19-29(20-16-27)35-37-31-11-7-9-13-33(31)42-40(37)36(38-32-12-8-10-14-34(32)41-39(35)38)30-21-17-28(18-22-30)24-26-44(4,5)6/h7-22,41-42H,1-6H3. The Balaban J connectivity index is 1.55. The van der Waals surface area contributed by atoms with Crippen LogP contribution in [0.25, 0.3) is 65.9 Å². The van der Waals surface area contributed by atoms with Gasteiger partial charge in [-0.1, -0.05) is 112 Å². The molecule has 0 bridgehead atoms. The average molecular weight is 601 g/mol. The molecule has 214 valence electrons. The lowest BCUT2D eigenvalue weighted by molar-refractivity contribution is 1.52. The van der Waals surface area contributed by atoms with Gasteiger partial charge in [0.1, 0.15) is 16.1 Å². The monoisotopic (exact) mass is 600 g/mol. The zero-order valence-electron chi connectivity index (χ0n) is 26.2. The van der Waals surface area contributed by atoms with E-state index in [9.17, 15) is 0 Å². The SMILES string of the molecule is C[Si](C)(C)C#Cc1ccc(-c2c3[nH]c4ccccc4c3c(-c3ccc(C#C[Si](C)(C)C)cc3)c3[nH]c4ccccc4c23)cc1. The Bertz CT molecular complexity index is 2160. The number of aromatic nitrogens is 2. The predicted octanol–water partition coefficient (Wildman–Crippen LogP) is 10.7. The van der Waals surface area contributed by atoms with Crippen LogP contribution in [0.2, 0.25) is 39.3 Å². The fraction of sp³-hybridized carbons (Fsp3) is 0.150. The molecule has 0 aliphatic heterocycles. The molecule has 0 amide bonds. The van der Waals surface area contributed by atoms with E-state index < -0.39 is 16.1 Å². The molecule has 0 spiro atoms. The van der Waals surface area contributed by atoms with Crippen molar-refractivity contribution >= 4 is 59.8 Å². The minimum Gasteiger partial charge on any atom is -0.354 e. The molecule has 44 heavy (non-hydrogen) atoms. The smallest absolute Gasteiger partial charge is 0.129 e. The normalized spacial score (nSPS) is 12.0. The third-order valence-electron chi connectivity index (χ3n) is 7.92. The van der Waals surface area contributed by atoms with Gasteiger partial charge in [0, 0.05) is 54.8 Å².